The Morgan fingerprint density at radius 3 is 2.28 bits per heavy atom. The third-order valence-electron chi connectivity index (χ3n) is 4.15. The molecule has 0 saturated heterocycles. The molecule has 0 aliphatic rings. The van der Waals surface area contributed by atoms with Crippen LogP contribution in [0.25, 0.3) is 0 Å². The highest BCUT2D eigenvalue weighted by atomic mass is 16.3. The molecule has 25 heavy (non-hydrogen) atoms. The Morgan fingerprint density at radius 1 is 1.08 bits per heavy atom. The summed E-state index contributed by atoms with van der Waals surface area (Å²) in [7, 11) is 0. The first kappa shape index (κ1) is 18.8. The van der Waals surface area contributed by atoms with E-state index in [1.807, 2.05) is 48.5 Å². The van der Waals surface area contributed by atoms with Crippen molar-refractivity contribution in [3.8, 4) is 0 Å². The monoisotopic (exact) mass is 341 g/mol. The molecule has 0 spiro atoms. The van der Waals surface area contributed by atoms with Crippen LogP contribution in [0.5, 0.6) is 0 Å². The number of aliphatic hydroxyl groups excluding tert-OH is 1. The zero-order chi connectivity index (χ0) is 18.2. The van der Waals surface area contributed by atoms with Gasteiger partial charge in [-0.15, -0.1) is 0 Å². The molecule has 0 aliphatic heterocycles. The third-order valence-corrected chi connectivity index (χ3v) is 4.15. The first-order chi connectivity index (χ1) is 12.0. The molecule has 3 N–H and O–H groups in total. The van der Waals surface area contributed by atoms with Crippen molar-refractivity contribution in [1.82, 2.24) is 5.32 Å². The number of hydrogen-bond acceptors (Lipinski definition) is 3. The normalized spacial score (nSPS) is 10.6. The van der Waals surface area contributed by atoms with E-state index in [9.17, 15) is 9.90 Å². The number of urea groups is 1. The summed E-state index contributed by atoms with van der Waals surface area (Å²) in [4.78, 5) is 14.4. The maximum Gasteiger partial charge on any atom is 0.319 e. The average molecular weight is 341 g/mol. The summed E-state index contributed by atoms with van der Waals surface area (Å²) in [6, 6.07) is 15.5. The Labute approximate surface area is 149 Å². The molecule has 0 unspecified atom stereocenters. The predicted octanol–water partition coefficient (Wildman–Crippen LogP) is 3.74. The van der Waals surface area contributed by atoms with Crippen LogP contribution >= 0.6 is 0 Å². The summed E-state index contributed by atoms with van der Waals surface area (Å²) in [5.41, 5.74) is 3.61. The van der Waals surface area contributed by atoms with E-state index in [0.717, 1.165) is 29.0 Å². The lowest BCUT2D eigenvalue weighted by Gasteiger charge is -2.27. The van der Waals surface area contributed by atoms with Gasteiger partial charge < -0.3 is 20.6 Å². The van der Waals surface area contributed by atoms with Gasteiger partial charge in [-0.1, -0.05) is 24.3 Å². The zero-order valence-corrected chi connectivity index (χ0v) is 15.1. The van der Waals surface area contributed by atoms with E-state index in [1.165, 1.54) is 0 Å². The Morgan fingerprint density at radius 2 is 1.72 bits per heavy atom. The van der Waals surface area contributed by atoms with Crippen molar-refractivity contribution in [3.63, 3.8) is 0 Å². The van der Waals surface area contributed by atoms with Gasteiger partial charge in [-0.05, 0) is 56.2 Å². The highest BCUT2D eigenvalue weighted by Gasteiger charge is 2.09. The second-order valence-corrected chi connectivity index (χ2v) is 6.16. The van der Waals surface area contributed by atoms with E-state index in [2.05, 4.69) is 36.3 Å². The summed E-state index contributed by atoms with van der Waals surface area (Å²) in [6.45, 7) is 7.72. The number of carbonyl (C=O) groups is 1. The molecule has 5 heteroatoms. The van der Waals surface area contributed by atoms with Crippen molar-refractivity contribution >= 4 is 17.4 Å². The van der Waals surface area contributed by atoms with Gasteiger partial charge in [-0.25, -0.2) is 4.79 Å². The van der Waals surface area contributed by atoms with Crippen molar-refractivity contribution in [2.24, 2.45) is 0 Å². The van der Waals surface area contributed by atoms with Crippen LogP contribution in [0.3, 0.4) is 0 Å². The number of aliphatic hydroxyl groups is 1. The van der Waals surface area contributed by atoms with Crippen LogP contribution < -0.4 is 15.5 Å². The van der Waals surface area contributed by atoms with Crippen LogP contribution in [0.2, 0.25) is 0 Å². The molecule has 2 rings (SSSR count). The number of carbonyl (C=O) groups excluding carboxylic acids is 1. The molecule has 0 heterocycles. The molecule has 0 aliphatic carbocycles. The van der Waals surface area contributed by atoms with Crippen LogP contribution in [0.4, 0.5) is 16.2 Å². The van der Waals surface area contributed by atoms with E-state index < -0.39 is 0 Å². The number of hydrogen-bond donors (Lipinski definition) is 3. The molecule has 2 aromatic carbocycles. The standard InChI is InChI=1S/C20H27N3O2/c1-4-23(15(2)3)19-11-9-18(10-12-19)22-20(25)21-13-16-7-5-6-8-17(16)14-24/h5-12,15,24H,4,13-14H2,1-3H3,(H2,21,22,25). The number of benzene rings is 2. The van der Waals surface area contributed by atoms with Gasteiger partial charge in [-0.2, -0.15) is 0 Å². The predicted molar refractivity (Wildman–Crippen MR) is 103 cm³/mol. The Hall–Kier alpha value is -2.53. The van der Waals surface area contributed by atoms with E-state index >= 15 is 0 Å². The van der Waals surface area contributed by atoms with Crippen molar-refractivity contribution in [3.05, 3.63) is 59.7 Å². The van der Waals surface area contributed by atoms with E-state index in [0.29, 0.717) is 12.6 Å². The van der Waals surface area contributed by atoms with Crippen molar-refractivity contribution in [2.45, 2.75) is 40.0 Å². The minimum absolute atomic E-state index is 0.0370. The third kappa shape index (κ3) is 5.22. The van der Waals surface area contributed by atoms with Gasteiger partial charge in [0.05, 0.1) is 6.61 Å². The lowest BCUT2D eigenvalue weighted by atomic mass is 10.1. The van der Waals surface area contributed by atoms with Crippen LogP contribution in [-0.4, -0.2) is 23.7 Å². The highest BCUT2D eigenvalue weighted by Crippen LogP contribution is 2.19. The van der Waals surface area contributed by atoms with Gasteiger partial charge in [-0.3, -0.25) is 0 Å². The summed E-state index contributed by atoms with van der Waals surface area (Å²) in [5, 5.41) is 15.0. The van der Waals surface area contributed by atoms with Crippen LogP contribution in [-0.2, 0) is 13.2 Å². The molecular formula is C20H27N3O2. The molecular weight excluding hydrogens is 314 g/mol. The molecule has 0 bridgehead atoms. The molecule has 134 valence electrons. The largest absolute Gasteiger partial charge is 0.392 e. The minimum atomic E-state index is -0.267. The fraction of sp³-hybridized carbons (Fsp3) is 0.350. The maximum atomic E-state index is 12.1. The second-order valence-electron chi connectivity index (χ2n) is 6.16. The van der Waals surface area contributed by atoms with Crippen LogP contribution in [0, 0.1) is 0 Å². The van der Waals surface area contributed by atoms with Crippen molar-refractivity contribution in [2.75, 3.05) is 16.8 Å². The van der Waals surface area contributed by atoms with Gasteiger partial charge >= 0.3 is 6.03 Å². The smallest absolute Gasteiger partial charge is 0.319 e. The summed E-state index contributed by atoms with van der Waals surface area (Å²) >= 11 is 0. The lowest BCUT2D eigenvalue weighted by molar-refractivity contribution is 0.251. The van der Waals surface area contributed by atoms with Gasteiger partial charge in [0.15, 0.2) is 0 Å². The summed E-state index contributed by atoms with van der Waals surface area (Å²) in [6.07, 6.45) is 0. The minimum Gasteiger partial charge on any atom is -0.392 e. The molecule has 5 nitrogen and oxygen atoms in total. The van der Waals surface area contributed by atoms with Crippen LogP contribution in [0.15, 0.2) is 48.5 Å². The maximum absolute atomic E-state index is 12.1. The topological polar surface area (TPSA) is 64.6 Å². The van der Waals surface area contributed by atoms with E-state index in [-0.39, 0.29) is 12.6 Å². The van der Waals surface area contributed by atoms with Crippen molar-refractivity contribution < 1.29 is 9.90 Å². The number of nitrogens with zero attached hydrogens (tertiary/aromatic N) is 1. The lowest BCUT2D eigenvalue weighted by Crippen LogP contribution is -2.30. The molecule has 0 saturated carbocycles. The first-order valence-corrected chi connectivity index (χ1v) is 8.64. The Kier molecular flexibility index (Phi) is 6.83. The van der Waals surface area contributed by atoms with Gasteiger partial charge in [0.25, 0.3) is 0 Å². The van der Waals surface area contributed by atoms with E-state index in [4.69, 9.17) is 0 Å². The van der Waals surface area contributed by atoms with Gasteiger partial charge in [0, 0.05) is 30.5 Å². The van der Waals surface area contributed by atoms with Crippen LogP contribution in [0.1, 0.15) is 31.9 Å². The number of anilines is 2. The fourth-order valence-electron chi connectivity index (χ4n) is 2.82. The first-order valence-electron chi connectivity index (χ1n) is 8.64. The second kappa shape index (κ2) is 9.08. The fourth-order valence-corrected chi connectivity index (χ4v) is 2.82. The molecule has 0 radical (unpaired) electrons. The number of rotatable bonds is 7. The summed E-state index contributed by atoms with van der Waals surface area (Å²) < 4.78 is 0. The highest BCUT2D eigenvalue weighted by molar-refractivity contribution is 5.89. The number of nitrogens with one attached hydrogen (secondary N) is 2. The Bertz CT molecular complexity index is 684. The number of amides is 2. The molecule has 2 amide bonds. The molecule has 0 fully saturated rings. The average Bonchev–Trinajstić information content (AvgIpc) is 2.62. The zero-order valence-electron chi connectivity index (χ0n) is 15.1. The molecule has 0 atom stereocenters. The molecule has 0 aromatic heterocycles. The summed E-state index contributed by atoms with van der Waals surface area (Å²) in [5.74, 6) is 0. The van der Waals surface area contributed by atoms with Gasteiger partial charge in [0.2, 0.25) is 0 Å². The SMILES string of the molecule is CCN(c1ccc(NC(=O)NCc2ccccc2CO)cc1)C(C)C. The Balaban J connectivity index is 1.92. The quantitative estimate of drug-likeness (QED) is 0.719. The van der Waals surface area contributed by atoms with E-state index in [1.54, 1.807) is 0 Å². The molecule has 2 aromatic rings. The van der Waals surface area contributed by atoms with Gasteiger partial charge in [0.1, 0.15) is 0 Å². The van der Waals surface area contributed by atoms with Crippen molar-refractivity contribution in [1.29, 1.82) is 0 Å².